The number of carbonyl (C=O) groups excluding carboxylic acids is 1. The Labute approximate surface area is 141 Å². The third-order valence-corrected chi connectivity index (χ3v) is 4.52. The molecule has 1 unspecified atom stereocenters. The number of rotatable bonds is 4. The van der Waals surface area contributed by atoms with Gasteiger partial charge in [0.05, 0.1) is 18.2 Å². The Morgan fingerprint density at radius 1 is 1.43 bits per heavy atom. The van der Waals surface area contributed by atoms with Crippen molar-refractivity contribution in [2.45, 2.75) is 45.1 Å². The number of benzene rings is 1. The molecule has 1 aliphatic rings. The lowest BCUT2D eigenvalue weighted by Crippen LogP contribution is -2.31. The van der Waals surface area contributed by atoms with E-state index in [-0.39, 0.29) is 11.9 Å². The third kappa shape index (κ3) is 3.58. The Kier molecular flexibility index (Phi) is 4.71. The fourth-order valence-electron chi connectivity index (χ4n) is 3.02. The van der Waals surface area contributed by atoms with Gasteiger partial charge in [-0.1, -0.05) is 42.7 Å². The van der Waals surface area contributed by atoms with Crippen LogP contribution in [0.5, 0.6) is 0 Å². The molecule has 1 aromatic heterocycles. The number of amides is 1. The summed E-state index contributed by atoms with van der Waals surface area (Å²) in [6.45, 7) is 4.93. The van der Waals surface area contributed by atoms with E-state index in [0.29, 0.717) is 17.4 Å². The van der Waals surface area contributed by atoms with Crippen molar-refractivity contribution in [3.8, 4) is 0 Å². The first-order chi connectivity index (χ1) is 11.0. The van der Waals surface area contributed by atoms with Crippen LogP contribution in [0.1, 0.15) is 55.7 Å². The minimum absolute atomic E-state index is 0.00156. The molecule has 2 aromatic rings. The van der Waals surface area contributed by atoms with Crippen LogP contribution in [0.15, 0.2) is 34.9 Å². The summed E-state index contributed by atoms with van der Waals surface area (Å²) in [5.74, 6) is 1.23. The van der Waals surface area contributed by atoms with Crippen LogP contribution < -0.4 is 0 Å². The largest absolute Gasteiger partial charge is 0.359 e. The fourth-order valence-corrected chi connectivity index (χ4v) is 3.23. The van der Waals surface area contributed by atoms with Gasteiger partial charge in [-0.25, -0.2) is 0 Å². The summed E-state index contributed by atoms with van der Waals surface area (Å²) in [6.07, 6.45) is 2.28. The molecule has 0 N–H and O–H groups in total. The van der Waals surface area contributed by atoms with Crippen LogP contribution in [0.25, 0.3) is 0 Å². The second-order valence-corrected chi connectivity index (χ2v) is 6.80. The third-order valence-electron chi connectivity index (χ3n) is 4.28. The van der Waals surface area contributed by atoms with E-state index in [0.717, 1.165) is 36.4 Å². The monoisotopic (exact) mass is 332 g/mol. The molecule has 23 heavy (non-hydrogen) atoms. The van der Waals surface area contributed by atoms with E-state index in [1.165, 1.54) is 0 Å². The molecule has 1 fully saturated rings. The summed E-state index contributed by atoms with van der Waals surface area (Å²) in [5, 5.41) is 4.78. The van der Waals surface area contributed by atoms with E-state index in [1.54, 1.807) is 0 Å². The standard InChI is InChI=1S/C18H21ClN2O2/c1-12(2)15-11-17(23-20-15)16-7-4-8-21(16)18(22)10-13-5-3-6-14(19)9-13/h3,5-6,9,11-12,16H,4,7-8,10H2,1-2H3. The van der Waals surface area contributed by atoms with Crippen LogP contribution in [-0.2, 0) is 11.2 Å². The molecular formula is C18H21ClN2O2. The van der Waals surface area contributed by atoms with E-state index in [2.05, 4.69) is 19.0 Å². The van der Waals surface area contributed by atoms with Gasteiger partial charge >= 0.3 is 0 Å². The average molecular weight is 333 g/mol. The topological polar surface area (TPSA) is 46.3 Å². The highest BCUT2D eigenvalue weighted by Crippen LogP contribution is 2.33. The second-order valence-electron chi connectivity index (χ2n) is 6.36. The number of nitrogens with zero attached hydrogens (tertiary/aromatic N) is 2. The molecule has 0 aliphatic carbocycles. The molecule has 1 aliphatic heterocycles. The van der Waals surface area contributed by atoms with Gasteiger partial charge in [0.15, 0.2) is 5.76 Å². The maximum absolute atomic E-state index is 12.7. The van der Waals surface area contributed by atoms with Gasteiger partial charge in [0, 0.05) is 17.6 Å². The smallest absolute Gasteiger partial charge is 0.227 e. The lowest BCUT2D eigenvalue weighted by atomic mass is 10.1. The molecule has 1 amide bonds. The Morgan fingerprint density at radius 3 is 2.96 bits per heavy atom. The predicted octanol–water partition coefficient (Wildman–Crippen LogP) is 4.36. The van der Waals surface area contributed by atoms with Gasteiger partial charge in [-0.3, -0.25) is 4.79 Å². The van der Waals surface area contributed by atoms with Crippen molar-refractivity contribution in [3.05, 3.63) is 52.4 Å². The maximum Gasteiger partial charge on any atom is 0.227 e. The summed E-state index contributed by atoms with van der Waals surface area (Å²) in [5.41, 5.74) is 1.88. The maximum atomic E-state index is 12.7. The zero-order valence-electron chi connectivity index (χ0n) is 13.5. The molecule has 0 saturated carbocycles. The Morgan fingerprint density at radius 2 is 2.26 bits per heavy atom. The zero-order chi connectivity index (χ0) is 16.4. The number of halogens is 1. The van der Waals surface area contributed by atoms with Crippen LogP contribution in [0.3, 0.4) is 0 Å². The fraction of sp³-hybridized carbons (Fsp3) is 0.444. The Bertz CT molecular complexity index is 696. The van der Waals surface area contributed by atoms with Gasteiger partial charge in [0.1, 0.15) is 0 Å². The van der Waals surface area contributed by atoms with E-state index in [4.69, 9.17) is 16.1 Å². The highest BCUT2D eigenvalue weighted by Gasteiger charge is 2.32. The van der Waals surface area contributed by atoms with E-state index in [9.17, 15) is 4.79 Å². The van der Waals surface area contributed by atoms with Crippen molar-refractivity contribution >= 4 is 17.5 Å². The molecule has 0 bridgehead atoms. The summed E-state index contributed by atoms with van der Waals surface area (Å²) in [7, 11) is 0. The van der Waals surface area contributed by atoms with Gasteiger partial charge in [0.2, 0.25) is 5.91 Å². The van der Waals surface area contributed by atoms with Gasteiger partial charge < -0.3 is 9.42 Å². The van der Waals surface area contributed by atoms with Crippen molar-refractivity contribution in [1.82, 2.24) is 10.1 Å². The number of hydrogen-bond acceptors (Lipinski definition) is 3. The summed E-state index contributed by atoms with van der Waals surface area (Å²) < 4.78 is 5.49. The van der Waals surface area contributed by atoms with Crippen LogP contribution in [-0.4, -0.2) is 22.5 Å². The summed E-state index contributed by atoms with van der Waals surface area (Å²) in [6, 6.07) is 9.45. The molecule has 4 nitrogen and oxygen atoms in total. The van der Waals surface area contributed by atoms with Crippen molar-refractivity contribution in [1.29, 1.82) is 0 Å². The zero-order valence-corrected chi connectivity index (χ0v) is 14.2. The normalized spacial score (nSPS) is 17.9. The van der Waals surface area contributed by atoms with Gasteiger partial charge in [-0.05, 0) is 36.5 Å². The van der Waals surface area contributed by atoms with E-state index >= 15 is 0 Å². The molecule has 0 radical (unpaired) electrons. The highest BCUT2D eigenvalue weighted by molar-refractivity contribution is 6.30. The SMILES string of the molecule is CC(C)c1cc(C2CCCN2C(=O)Cc2cccc(Cl)c2)on1. The van der Waals surface area contributed by atoms with E-state index < -0.39 is 0 Å². The van der Waals surface area contributed by atoms with Crippen molar-refractivity contribution in [2.75, 3.05) is 6.54 Å². The number of hydrogen-bond donors (Lipinski definition) is 0. The minimum Gasteiger partial charge on any atom is -0.359 e. The summed E-state index contributed by atoms with van der Waals surface area (Å²) in [4.78, 5) is 14.6. The van der Waals surface area contributed by atoms with Gasteiger partial charge in [0.25, 0.3) is 0 Å². The van der Waals surface area contributed by atoms with Gasteiger partial charge in [-0.2, -0.15) is 0 Å². The number of likely N-dealkylation sites (tertiary alicyclic amines) is 1. The van der Waals surface area contributed by atoms with Crippen LogP contribution in [0.4, 0.5) is 0 Å². The first-order valence-electron chi connectivity index (χ1n) is 8.05. The second kappa shape index (κ2) is 6.75. The molecule has 1 aromatic carbocycles. The molecule has 1 saturated heterocycles. The Balaban J connectivity index is 1.74. The molecule has 5 heteroatoms. The highest BCUT2D eigenvalue weighted by atomic mass is 35.5. The van der Waals surface area contributed by atoms with E-state index in [1.807, 2.05) is 35.2 Å². The van der Waals surface area contributed by atoms with Crippen molar-refractivity contribution < 1.29 is 9.32 Å². The lowest BCUT2D eigenvalue weighted by molar-refractivity contribution is -0.131. The van der Waals surface area contributed by atoms with Crippen molar-refractivity contribution in [2.24, 2.45) is 0 Å². The molecular weight excluding hydrogens is 312 g/mol. The Hall–Kier alpha value is -1.81. The average Bonchev–Trinajstić information content (AvgIpc) is 3.16. The van der Waals surface area contributed by atoms with Gasteiger partial charge in [-0.15, -0.1) is 0 Å². The van der Waals surface area contributed by atoms with Crippen LogP contribution in [0.2, 0.25) is 5.02 Å². The summed E-state index contributed by atoms with van der Waals surface area (Å²) >= 11 is 6.00. The lowest BCUT2D eigenvalue weighted by Gasteiger charge is -2.22. The molecule has 122 valence electrons. The van der Waals surface area contributed by atoms with Crippen LogP contribution in [0, 0.1) is 0 Å². The predicted molar refractivity (Wildman–Crippen MR) is 89.4 cm³/mol. The molecule has 2 heterocycles. The molecule has 0 spiro atoms. The molecule has 3 rings (SSSR count). The first kappa shape index (κ1) is 16.1. The molecule has 1 atom stereocenters. The van der Waals surface area contributed by atoms with Crippen molar-refractivity contribution in [3.63, 3.8) is 0 Å². The number of aromatic nitrogens is 1. The first-order valence-corrected chi connectivity index (χ1v) is 8.43. The quantitative estimate of drug-likeness (QED) is 0.835. The number of carbonyl (C=O) groups is 1. The van der Waals surface area contributed by atoms with Crippen LogP contribution >= 0.6 is 11.6 Å². The minimum atomic E-state index is 0.00156.